The average Bonchev–Trinajstić information content (AvgIpc) is 2.92. The number of hydrogen-bond donors (Lipinski definition) is 3. The summed E-state index contributed by atoms with van der Waals surface area (Å²) in [5.41, 5.74) is 1.56. The fourth-order valence-electron chi connectivity index (χ4n) is 2.29. The van der Waals surface area contributed by atoms with Gasteiger partial charge in [0.2, 0.25) is 0 Å². The topological polar surface area (TPSA) is 105 Å². The van der Waals surface area contributed by atoms with Crippen LogP contribution in [0.3, 0.4) is 0 Å². The van der Waals surface area contributed by atoms with Crippen LogP contribution < -0.4 is 10.6 Å². The number of rotatable bonds is 5. The fourth-order valence-corrected chi connectivity index (χ4v) is 3.33. The van der Waals surface area contributed by atoms with Crippen LogP contribution in [0.2, 0.25) is 0 Å². The summed E-state index contributed by atoms with van der Waals surface area (Å²) in [7, 11) is 1.25. The molecule has 0 radical (unpaired) electrons. The van der Waals surface area contributed by atoms with Gasteiger partial charge in [-0.2, -0.15) is 0 Å². The van der Waals surface area contributed by atoms with Crippen LogP contribution in [0.5, 0.6) is 0 Å². The summed E-state index contributed by atoms with van der Waals surface area (Å²) in [6, 6.07) is 8.78. The Hall–Kier alpha value is -2.71. The summed E-state index contributed by atoms with van der Waals surface area (Å²) in [6.07, 6.45) is -0.926. The molecule has 8 heteroatoms. The van der Waals surface area contributed by atoms with Gasteiger partial charge in [0.25, 0.3) is 0 Å². The molecule has 0 aliphatic rings. The van der Waals surface area contributed by atoms with Crippen LogP contribution in [-0.4, -0.2) is 36.5 Å². The molecule has 1 unspecified atom stereocenters. The molecule has 7 nitrogen and oxygen atoms in total. The van der Waals surface area contributed by atoms with Crippen LogP contribution in [-0.2, 0) is 14.3 Å². The predicted octanol–water partition coefficient (Wildman–Crippen LogP) is 1.94. The van der Waals surface area contributed by atoms with Crippen LogP contribution >= 0.6 is 11.3 Å². The van der Waals surface area contributed by atoms with Crippen molar-refractivity contribution in [2.75, 3.05) is 19.0 Å². The number of aliphatic hydroxyl groups excluding tert-OH is 1. The number of aliphatic hydroxyl groups is 1. The maximum absolute atomic E-state index is 12.1. The molecule has 0 bridgehead atoms. The Bertz CT molecular complexity index is 816. The molecule has 2 rings (SSSR count). The summed E-state index contributed by atoms with van der Waals surface area (Å²) in [6.45, 7) is 3.44. The van der Waals surface area contributed by atoms with Crippen LogP contribution in [0.1, 0.15) is 32.5 Å². The fraction of sp³-hybridized carbons (Fsp3) is 0.278. The van der Waals surface area contributed by atoms with Crippen molar-refractivity contribution in [1.29, 1.82) is 0 Å². The Morgan fingerprint density at radius 3 is 2.42 bits per heavy atom. The molecule has 1 heterocycles. The number of carbonyl (C=O) groups excluding carboxylic acids is 3. The molecule has 2 aromatic rings. The van der Waals surface area contributed by atoms with Crippen LogP contribution in [0.4, 0.5) is 5.00 Å². The van der Waals surface area contributed by atoms with E-state index in [1.54, 1.807) is 38.1 Å². The van der Waals surface area contributed by atoms with Crippen molar-refractivity contribution in [2.45, 2.75) is 20.0 Å². The zero-order valence-corrected chi connectivity index (χ0v) is 15.5. The molecular weight excluding hydrogens is 356 g/mol. The normalized spacial score (nSPS) is 11.5. The van der Waals surface area contributed by atoms with E-state index >= 15 is 0 Å². The van der Waals surface area contributed by atoms with Crippen molar-refractivity contribution in [2.24, 2.45) is 0 Å². The second kappa shape index (κ2) is 8.59. The van der Waals surface area contributed by atoms with Crippen molar-refractivity contribution < 1.29 is 24.2 Å². The SMILES string of the molecule is COC(=O)c1c(NC(=O)C(=O)NCC(O)c2ccccc2)sc(C)c1C. The molecule has 0 aliphatic heterocycles. The number of anilines is 1. The summed E-state index contributed by atoms with van der Waals surface area (Å²) >= 11 is 1.19. The van der Waals surface area contributed by atoms with E-state index in [2.05, 4.69) is 10.6 Å². The molecule has 0 saturated carbocycles. The van der Waals surface area contributed by atoms with E-state index in [4.69, 9.17) is 4.74 Å². The summed E-state index contributed by atoms with van der Waals surface area (Å²) in [5.74, 6) is -2.40. The third-order valence-corrected chi connectivity index (χ3v) is 4.97. The Labute approximate surface area is 155 Å². The van der Waals surface area contributed by atoms with Gasteiger partial charge < -0.3 is 20.5 Å². The monoisotopic (exact) mass is 376 g/mol. The molecule has 26 heavy (non-hydrogen) atoms. The minimum Gasteiger partial charge on any atom is -0.465 e. The number of methoxy groups -OCH3 is 1. The van der Waals surface area contributed by atoms with E-state index in [1.807, 2.05) is 6.07 Å². The highest BCUT2D eigenvalue weighted by Crippen LogP contribution is 2.32. The minimum absolute atomic E-state index is 0.109. The number of thiophene rings is 1. The van der Waals surface area contributed by atoms with Crippen molar-refractivity contribution in [3.63, 3.8) is 0 Å². The number of benzene rings is 1. The first-order chi connectivity index (χ1) is 12.3. The van der Waals surface area contributed by atoms with Crippen molar-refractivity contribution in [3.8, 4) is 0 Å². The number of hydrogen-bond acceptors (Lipinski definition) is 6. The minimum atomic E-state index is -0.926. The van der Waals surface area contributed by atoms with Gasteiger partial charge >= 0.3 is 17.8 Å². The van der Waals surface area contributed by atoms with Crippen molar-refractivity contribution in [3.05, 3.63) is 51.9 Å². The lowest BCUT2D eigenvalue weighted by Crippen LogP contribution is -2.37. The highest BCUT2D eigenvalue weighted by Gasteiger charge is 2.24. The molecule has 1 aromatic heterocycles. The Balaban J connectivity index is 2.01. The standard InChI is InChI=1S/C18H20N2O5S/c1-10-11(2)26-17(14(10)18(24)25-3)20-16(23)15(22)19-9-13(21)12-7-5-4-6-8-12/h4-8,13,21H,9H2,1-3H3,(H,19,22)(H,20,23). The van der Waals surface area contributed by atoms with Gasteiger partial charge in [-0.1, -0.05) is 30.3 Å². The van der Waals surface area contributed by atoms with Gasteiger partial charge in [-0.05, 0) is 25.0 Å². The van der Waals surface area contributed by atoms with E-state index in [0.717, 1.165) is 4.88 Å². The lowest BCUT2D eigenvalue weighted by Gasteiger charge is -2.12. The van der Waals surface area contributed by atoms with Gasteiger partial charge in [-0.15, -0.1) is 11.3 Å². The molecule has 0 fully saturated rings. The second-order valence-electron chi connectivity index (χ2n) is 5.57. The molecule has 0 spiro atoms. The van der Waals surface area contributed by atoms with Gasteiger partial charge in [-0.25, -0.2) is 4.79 Å². The van der Waals surface area contributed by atoms with Crippen LogP contribution in [0.15, 0.2) is 30.3 Å². The Morgan fingerprint density at radius 1 is 1.15 bits per heavy atom. The van der Waals surface area contributed by atoms with Gasteiger partial charge in [0, 0.05) is 11.4 Å². The summed E-state index contributed by atoms with van der Waals surface area (Å²) in [4.78, 5) is 36.8. The first kappa shape index (κ1) is 19.6. The Morgan fingerprint density at radius 2 is 1.81 bits per heavy atom. The number of ether oxygens (including phenoxy) is 1. The molecule has 1 aromatic carbocycles. The van der Waals surface area contributed by atoms with Gasteiger partial charge in [0.1, 0.15) is 5.00 Å². The van der Waals surface area contributed by atoms with Crippen molar-refractivity contribution >= 4 is 34.1 Å². The zero-order valence-electron chi connectivity index (χ0n) is 14.7. The first-order valence-corrected chi connectivity index (χ1v) is 8.67. The predicted molar refractivity (Wildman–Crippen MR) is 98.2 cm³/mol. The van der Waals surface area contributed by atoms with E-state index in [9.17, 15) is 19.5 Å². The number of nitrogens with one attached hydrogen (secondary N) is 2. The van der Waals surface area contributed by atoms with E-state index in [0.29, 0.717) is 11.1 Å². The van der Waals surface area contributed by atoms with E-state index in [-0.39, 0.29) is 17.1 Å². The quantitative estimate of drug-likeness (QED) is 0.546. The maximum Gasteiger partial charge on any atom is 0.341 e. The number of carbonyl (C=O) groups is 3. The largest absolute Gasteiger partial charge is 0.465 e. The number of aryl methyl sites for hydroxylation is 1. The first-order valence-electron chi connectivity index (χ1n) is 7.85. The van der Waals surface area contributed by atoms with E-state index < -0.39 is 23.9 Å². The van der Waals surface area contributed by atoms with E-state index in [1.165, 1.54) is 18.4 Å². The van der Waals surface area contributed by atoms with Crippen molar-refractivity contribution in [1.82, 2.24) is 5.32 Å². The molecular formula is C18H20N2O5S. The zero-order chi connectivity index (χ0) is 19.3. The van der Waals surface area contributed by atoms with Crippen LogP contribution in [0, 0.1) is 13.8 Å². The summed E-state index contributed by atoms with van der Waals surface area (Å²) in [5, 5.41) is 15.1. The third-order valence-electron chi connectivity index (χ3n) is 3.85. The summed E-state index contributed by atoms with van der Waals surface area (Å²) < 4.78 is 4.72. The second-order valence-corrected chi connectivity index (χ2v) is 6.79. The highest BCUT2D eigenvalue weighted by molar-refractivity contribution is 7.17. The molecule has 0 saturated heterocycles. The van der Waals surface area contributed by atoms with Gasteiger partial charge in [-0.3, -0.25) is 9.59 Å². The molecule has 3 N–H and O–H groups in total. The maximum atomic E-state index is 12.1. The average molecular weight is 376 g/mol. The van der Waals surface area contributed by atoms with Gasteiger partial charge in [0.05, 0.1) is 18.8 Å². The Kier molecular flexibility index (Phi) is 6.48. The molecule has 1 atom stereocenters. The molecule has 138 valence electrons. The number of amides is 2. The lowest BCUT2D eigenvalue weighted by molar-refractivity contribution is -0.136. The highest BCUT2D eigenvalue weighted by atomic mass is 32.1. The van der Waals surface area contributed by atoms with Gasteiger partial charge in [0.15, 0.2) is 0 Å². The third kappa shape index (κ3) is 4.47. The smallest absolute Gasteiger partial charge is 0.341 e. The van der Waals surface area contributed by atoms with Crippen LogP contribution in [0.25, 0.3) is 0 Å². The number of esters is 1. The lowest BCUT2D eigenvalue weighted by atomic mass is 10.1. The molecule has 0 aliphatic carbocycles. The molecule has 2 amide bonds.